The van der Waals surface area contributed by atoms with Crippen LogP contribution in [0.25, 0.3) is 0 Å². The van der Waals surface area contributed by atoms with Gasteiger partial charge in [-0.05, 0) is 6.42 Å². The highest BCUT2D eigenvalue weighted by molar-refractivity contribution is 7.09. The number of thiazole rings is 1. The van der Waals surface area contributed by atoms with Crippen LogP contribution in [0.2, 0.25) is 0 Å². The molecular weight excluding hydrogens is 186 g/mol. The molecule has 0 spiro atoms. The summed E-state index contributed by atoms with van der Waals surface area (Å²) >= 11 is 1.51. The summed E-state index contributed by atoms with van der Waals surface area (Å²) in [5, 5.41) is 2.75. The van der Waals surface area contributed by atoms with Crippen LogP contribution in [-0.4, -0.2) is 18.1 Å². The van der Waals surface area contributed by atoms with Crippen LogP contribution in [0.15, 0.2) is 5.38 Å². The highest BCUT2D eigenvalue weighted by Gasteiger charge is 2.13. The van der Waals surface area contributed by atoms with E-state index in [0.717, 1.165) is 11.4 Å². The summed E-state index contributed by atoms with van der Waals surface area (Å²) < 4.78 is 4.57. The molecule has 1 rings (SSSR count). The Kier molecular flexibility index (Phi) is 3.42. The van der Waals surface area contributed by atoms with E-state index in [-0.39, 0.29) is 5.97 Å². The molecule has 0 amide bonds. The first-order valence-corrected chi connectivity index (χ1v) is 5.10. The van der Waals surface area contributed by atoms with Gasteiger partial charge in [0, 0.05) is 11.3 Å². The third-order valence-electron chi connectivity index (χ3n) is 1.95. The Morgan fingerprint density at radius 3 is 3.00 bits per heavy atom. The molecule has 0 bridgehead atoms. The van der Waals surface area contributed by atoms with Crippen LogP contribution in [0.1, 0.15) is 41.7 Å². The maximum Gasteiger partial charge on any atom is 0.357 e. The van der Waals surface area contributed by atoms with Crippen molar-refractivity contribution in [2.24, 2.45) is 0 Å². The third kappa shape index (κ3) is 2.28. The molecule has 1 heterocycles. The number of methoxy groups -OCH3 is 1. The number of hydrogen-bond donors (Lipinski definition) is 0. The van der Waals surface area contributed by atoms with Gasteiger partial charge in [0.15, 0.2) is 5.69 Å². The molecule has 13 heavy (non-hydrogen) atoms. The smallest absolute Gasteiger partial charge is 0.357 e. The molecule has 3 nitrogen and oxygen atoms in total. The lowest BCUT2D eigenvalue weighted by Crippen LogP contribution is -2.02. The van der Waals surface area contributed by atoms with Crippen molar-refractivity contribution in [3.05, 3.63) is 16.1 Å². The lowest BCUT2D eigenvalue weighted by molar-refractivity contribution is 0.0594. The molecule has 4 heteroatoms. The first-order valence-electron chi connectivity index (χ1n) is 4.22. The summed E-state index contributed by atoms with van der Waals surface area (Å²) in [7, 11) is 1.37. The number of carbonyl (C=O) groups is 1. The van der Waals surface area contributed by atoms with Gasteiger partial charge in [-0.1, -0.05) is 13.8 Å². The maximum absolute atomic E-state index is 11.1. The summed E-state index contributed by atoms with van der Waals surface area (Å²) in [6, 6.07) is 0. The van der Waals surface area contributed by atoms with E-state index in [2.05, 4.69) is 23.6 Å². The SMILES string of the molecule is CCC(C)c1nc(C(=O)OC)cs1. The predicted molar refractivity (Wildman–Crippen MR) is 52.2 cm³/mol. The number of hydrogen-bond acceptors (Lipinski definition) is 4. The summed E-state index contributed by atoms with van der Waals surface area (Å²) in [5.74, 6) is 0.0641. The van der Waals surface area contributed by atoms with E-state index < -0.39 is 0 Å². The molecule has 1 aromatic rings. The standard InChI is InChI=1S/C9H13NO2S/c1-4-6(2)8-10-7(5-13-8)9(11)12-3/h5-6H,4H2,1-3H3. The molecule has 0 saturated carbocycles. The summed E-state index contributed by atoms with van der Waals surface area (Å²) in [5.41, 5.74) is 0.419. The normalized spacial score (nSPS) is 12.5. The van der Waals surface area contributed by atoms with Crippen LogP contribution in [-0.2, 0) is 4.74 Å². The maximum atomic E-state index is 11.1. The van der Waals surface area contributed by atoms with Crippen LogP contribution in [0.4, 0.5) is 0 Å². The average molecular weight is 199 g/mol. The lowest BCUT2D eigenvalue weighted by Gasteiger charge is -2.01. The molecule has 72 valence electrons. The second-order valence-electron chi connectivity index (χ2n) is 2.87. The molecular formula is C9H13NO2S. The van der Waals surface area contributed by atoms with E-state index in [1.807, 2.05) is 0 Å². The van der Waals surface area contributed by atoms with Crippen LogP contribution in [0.5, 0.6) is 0 Å². The zero-order valence-corrected chi connectivity index (χ0v) is 8.85. The first-order chi connectivity index (χ1) is 6.19. The number of carbonyl (C=O) groups excluding carboxylic acids is 1. The van der Waals surface area contributed by atoms with E-state index >= 15 is 0 Å². The topological polar surface area (TPSA) is 39.2 Å². The van der Waals surface area contributed by atoms with Crippen molar-refractivity contribution in [2.45, 2.75) is 26.2 Å². The zero-order valence-electron chi connectivity index (χ0n) is 8.03. The van der Waals surface area contributed by atoms with Crippen molar-refractivity contribution in [2.75, 3.05) is 7.11 Å². The Balaban J connectivity index is 2.80. The van der Waals surface area contributed by atoms with Crippen LogP contribution in [0, 0.1) is 0 Å². The Morgan fingerprint density at radius 1 is 1.77 bits per heavy atom. The molecule has 0 fully saturated rings. The summed E-state index contributed by atoms with van der Waals surface area (Å²) in [6.45, 7) is 4.20. The molecule has 0 aliphatic rings. The van der Waals surface area contributed by atoms with E-state index in [9.17, 15) is 4.79 Å². The molecule has 0 radical (unpaired) electrons. The van der Waals surface area contributed by atoms with Crippen molar-refractivity contribution in [1.82, 2.24) is 4.98 Å². The fraction of sp³-hybridized carbons (Fsp3) is 0.556. The molecule has 0 aromatic carbocycles. The quantitative estimate of drug-likeness (QED) is 0.702. The molecule has 0 aliphatic heterocycles. The van der Waals surface area contributed by atoms with Gasteiger partial charge in [0.1, 0.15) is 0 Å². The minimum absolute atomic E-state index is 0.356. The fourth-order valence-electron chi connectivity index (χ4n) is 0.887. The zero-order chi connectivity index (χ0) is 9.84. The van der Waals surface area contributed by atoms with Crippen molar-refractivity contribution in [3.63, 3.8) is 0 Å². The van der Waals surface area contributed by atoms with Crippen molar-refractivity contribution in [3.8, 4) is 0 Å². The Labute approximate surface area is 81.8 Å². The Hall–Kier alpha value is -0.900. The van der Waals surface area contributed by atoms with Gasteiger partial charge in [-0.15, -0.1) is 11.3 Å². The van der Waals surface area contributed by atoms with Gasteiger partial charge in [0.2, 0.25) is 0 Å². The van der Waals surface area contributed by atoms with E-state index in [4.69, 9.17) is 0 Å². The second-order valence-corrected chi connectivity index (χ2v) is 3.76. The van der Waals surface area contributed by atoms with Gasteiger partial charge in [-0.3, -0.25) is 0 Å². The Bertz CT molecular complexity index is 296. The number of esters is 1. The van der Waals surface area contributed by atoms with Gasteiger partial charge in [0.25, 0.3) is 0 Å². The lowest BCUT2D eigenvalue weighted by atomic mass is 10.1. The molecule has 0 saturated heterocycles. The van der Waals surface area contributed by atoms with Crippen LogP contribution >= 0.6 is 11.3 Å². The Morgan fingerprint density at radius 2 is 2.46 bits per heavy atom. The van der Waals surface area contributed by atoms with Gasteiger partial charge in [-0.25, -0.2) is 9.78 Å². The summed E-state index contributed by atoms with van der Waals surface area (Å²) in [6.07, 6.45) is 1.04. The highest BCUT2D eigenvalue weighted by Crippen LogP contribution is 2.22. The highest BCUT2D eigenvalue weighted by atomic mass is 32.1. The summed E-state index contributed by atoms with van der Waals surface area (Å²) in [4.78, 5) is 15.3. The van der Waals surface area contributed by atoms with Crippen molar-refractivity contribution >= 4 is 17.3 Å². The second kappa shape index (κ2) is 4.37. The van der Waals surface area contributed by atoms with Gasteiger partial charge in [0.05, 0.1) is 12.1 Å². The average Bonchev–Trinajstić information content (AvgIpc) is 2.64. The van der Waals surface area contributed by atoms with E-state index in [0.29, 0.717) is 11.6 Å². The number of rotatable bonds is 3. The minimum Gasteiger partial charge on any atom is -0.464 e. The molecule has 1 aromatic heterocycles. The van der Waals surface area contributed by atoms with Crippen molar-refractivity contribution < 1.29 is 9.53 Å². The van der Waals surface area contributed by atoms with Gasteiger partial charge < -0.3 is 4.74 Å². The number of aromatic nitrogens is 1. The van der Waals surface area contributed by atoms with Crippen LogP contribution < -0.4 is 0 Å². The molecule has 0 N–H and O–H groups in total. The van der Waals surface area contributed by atoms with E-state index in [1.165, 1.54) is 18.4 Å². The van der Waals surface area contributed by atoms with Gasteiger partial charge in [-0.2, -0.15) is 0 Å². The fourth-order valence-corrected chi connectivity index (χ4v) is 1.82. The first kappa shape index (κ1) is 10.2. The van der Waals surface area contributed by atoms with Crippen molar-refractivity contribution in [1.29, 1.82) is 0 Å². The number of ether oxygens (including phenoxy) is 1. The molecule has 0 aliphatic carbocycles. The molecule has 1 atom stereocenters. The van der Waals surface area contributed by atoms with Gasteiger partial charge >= 0.3 is 5.97 Å². The third-order valence-corrected chi connectivity index (χ3v) is 3.03. The monoisotopic (exact) mass is 199 g/mol. The predicted octanol–water partition coefficient (Wildman–Crippen LogP) is 2.44. The minimum atomic E-state index is -0.356. The largest absolute Gasteiger partial charge is 0.464 e. The number of nitrogens with zero attached hydrogens (tertiary/aromatic N) is 1. The molecule has 1 unspecified atom stereocenters. The van der Waals surface area contributed by atoms with Crippen LogP contribution in [0.3, 0.4) is 0 Å². The van der Waals surface area contributed by atoms with E-state index in [1.54, 1.807) is 5.38 Å².